The minimum absolute atomic E-state index is 0.0388. The van der Waals surface area contributed by atoms with Crippen molar-refractivity contribution in [2.45, 2.75) is 13.8 Å². The Morgan fingerprint density at radius 3 is 2.14 bits per heavy atom. The van der Waals surface area contributed by atoms with Crippen molar-refractivity contribution in [2.75, 3.05) is 27.4 Å². The Kier molecular flexibility index (Phi) is 5.15. The summed E-state index contributed by atoms with van der Waals surface area (Å²) in [5.74, 6) is -0.892. The molecular formula is C9H16O5. The summed E-state index contributed by atoms with van der Waals surface area (Å²) in [6, 6.07) is 0. The maximum absolute atomic E-state index is 11.3. The molecule has 0 aromatic carbocycles. The Morgan fingerprint density at radius 2 is 1.79 bits per heavy atom. The second-order valence-corrected chi connectivity index (χ2v) is 3.27. The molecule has 0 amide bonds. The normalized spacial score (nSPS) is 14.3. The molecule has 1 unspecified atom stereocenters. The number of hydrogen-bond donors (Lipinski definition) is 0. The number of ether oxygens (including phenoxy) is 3. The maximum atomic E-state index is 11.3. The van der Waals surface area contributed by atoms with Crippen LogP contribution in [0.4, 0.5) is 0 Å². The number of rotatable bonds is 5. The number of hydrogen-bond acceptors (Lipinski definition) is 5. The highest BCUT2D eigenvalue weighted by molar-refractivity contribution is 5.77. The monoisotopic (exact) mass is 204 g/mol. The van der Waals surface area contributed by atoms with Crippen molar-refractivity contribution in [3.05, 3.63) is 0 Å². The molecule has 0 spiro atoms. The number of carbonyl (C=O) groups excluding carboxylic acids is 2. The van der Waals surface area contributed by atoms with E-state index in [4.69, 9.17) is 9.47 Å². The third kappa shape index (κ3) is 3.74. The summed E-state index contributed by atoms with van der Waals surface area (Å²) < 4.78 is 14.2. The van der Waals surface area contributed by atoms with Crippen LogP contribution in [-0.2, 0) is 23.8 Å². The number of carbonyl (C=O) groups is 2. The van der Waals surface area contributed by atoms with Gasteiger partial charge in [0.05, 0.1) is 13.7 Å². The summed E-state index contributed by atoms with van der Waals surface area (Å²) in [4.78, 5) is 21.9. The zero-order valence-electron chi connectivity index (χ0n) is 8.96. The summed E-state index contributed by atoms with van der Waals surface area (Å²) in [5, 5.41) is 0. The van der Waals surface area contributed by atoms with E-state index in [1.807, 2.05) is 0 Å². The Bertz CT molecular complexity index is 213. The summed E-state index contributed by atoms with van der Waals surface area (Å²) in [6.45, 7) is 3.01. The lowest BCUT2D eigenvalue weighted by Crippen LogP contribution is -2.38. The predicted molar refractivity (Wildman–Crippen MR) is 48.6 cm³/mol. The summed E-state index contributed by atoms with van der Waals surface area (Å²) in [7, 11) is 2.75. The number of esters is 2. The molecule has 5 nitrogen and oxygen atoms in total. The smallest absolute Gasteiger partial charge is 0.317 e. The van der Waals surface area contributed by atoms with E-state index in [0.29, 0.717) is 0 Å². The van der Waals surface area contributed by atoms with Crippen LogP contribution < -0.4 is 0 Å². The van der Waals surface area contributed by atoms with Gasteiger partial charge in [-0.25, -0.2) is 0 Å². The molecule has 0 radical (unpaired) electrons. The van der Waals surface area contributed by atoms with E-state index in [-0.39, 0.29) is 13.2 Å². The van der Waals surface area contributed by atoms with E-state index in [0.717, 1.165) is 0 Å². The molecule has 0 heterocycles. The SMILES string of the molecule is COCC(C)(COC(C)=O)C(=O)OC. The topological polar surface area (TPSA) is 61.8 Å². The molecule has 82 valence electrons. The van der Waals surface area contributed by atoms with Gasteiger partial charge in [0.15, 0.2) is 0 Å². The lowest BCUT2D eigenvalue weighted by molar-refractivity contribution is -0.163. The Morgan fingerprint density at radius 1 is 1.21 bits per heavy atom. The van der Waals surface area contributed by atoms with Crippen LogP contribution in [-0.4, -0.2) is 39.4 Å². The molecule has 0 rings (SSSR count). The van der Waals surface area contributed by atoms with Gasteiger partial charge in [-0.1, -0.05) is 0 Å². The van der Waals surface area contributed by atoms with Crippen molar-refractivity contribution in [2.24, 2.45) is 5.41 Å². The molecule has 0 aromatic heterocycles. The van der Waals surface area contributed by atoms with E-state index in [9.17, 15) is 9.59 Å². The van der Waals surface area contributed by atoms with Crippen LogP contribution in [0.15, 0.2) is 0 Å². The maximum Gasteiger partial charge on any atom is 0.317 e. The first-order chi connectivity index (χ1) is 6.46. The highest BCUT2D eigenvalue weighted by Crippen LogP contribution is 2.19. The van der Waals surface area contributed by atoms with Gasteiger partial charge < -0.3 is 14.2 Å². The molecule has 0 aliphatic rings. The molecule has 14 heavy (non-hydrogen) atoms. The van der Waals surface area contributed by atoms with Gasteiger partial charge in [0.1, 0.15) is 12.0 Å². The Hall–Kier alpha value is -1.10. The largest absolute Gasteiger partial charge is 0.468 e. The van der Waals surface area contributed by atoms with Gasteiger partial charge in [0.2, 0.25) is 0 Å². The van der Waals surface area contributed by atoms with Crippen LogP contribution in [0.5, 0.6) is 0 Å². The lowest BCUT2D eigenvalue weighted by Gasteiger charge is -2.24. The van der Waals surface area contributed by atoms with E-state index < -0.39 is 17.4 Å². The van der Waals surface area contributed by atoms with Crippen LogP contribution >= 0.6 is 0 Å². The van der Waals surface area contributed by atoms with Crippen molar-refractivity contribution in [1.29, 1.82) is 0 Å². The third-order valence-electron chi connectivity index (χ3n) is 1.74. The van der Waals surface area contributed by atoms with Crippen molar-refractivity contribution in [3.8, 4) is 0 Å². The second-order valence-electron chi connectivity index (χ2n) is 3.27. The first-order valence-electron chi connectivity index (χ1n) is 4.17. The van der Waals surface area contributed by atoms with Gasteiger partial charge in [-0.2, -0.15) is 0 Å². The molecule has 0 saturated heterocycles. The second kappa shape index (κ2) is 5.59. The average Bonchev–Trinajstić information content (AvgIpc) is 2.14. The van der Waals surface area contributed by atoms with Gasteiger partial charge in [0, 0.05) is 14.0 Å². The average molecular weight is 204 g/mol. The summed E-state index contributed by atoms with van der Waals surface area (Å²) >= 11 is 0. The highest BCUT2D eigenvalue weighted by Gasteiger charge is 2.36. The molecule has 1 atom stereocenters. The molecule has 0 fully saturated rings. The van der Waals surface area contributed by atoms with E-state index >= 15 is 0 Å². The van der Waals surface area contributed by atoms with Gasteiger partial charge in [-0.3, -0.25) is 9.59 Å². The summed E-state index contributed by atoms with van der Waals surface area (Å²) in [5.41, 5.74) is -0.935. The number of methoxy groups -OCH3 is 2. The molecular weight excluding hydrogens is 188 g/mol. The van der Waals surface area contributed by atoms with E-state index in [1.54, 1.807) is 6.92 Å². The van der Waals surface area contributed by atoms with Crippen LogP contribution in [0.25, 0.3) is 0 Å². The minimum Gasteiger partial charge on any atom is -0.468 e. The Labute approximate surface area is 83.3 Å². The molecule has 0 aromatic rings. The molecule has 0 bridgehead atoms. The first kappa shape index (κ1) is 12.9. The minimum atomic E-state index is -0.935. The molecule has 0 saturated carbocycles. The fourth-order valence-electron chi connectivity index (χ4n) is 0.985. The van der Waals surface area contributed by atoms with Crippen LogP contribution in [0.3, 0.4) is 0 Å². The third-order valence-corrected chi connectivity index (χ3v) is 1.74. The van der Waals surface area contributed by atoms with Gasteiger partial charge >= 0.3 is 11.9 Å². The van der Waals surface area contributed by atoms with Gasteiger partial charge in [0.25, 0.3) is 0 Å². The lowest BCUT2D eigenvalue weighted by atomic mass is 9.93. The van der Waals surface area contributed by atoms with Crippen LogP contribution in [0.1, 0.15) is 13.8 Å². The van der Waals surface area contributed by atoms with Crippen molar-refractivity contribution < 1.29 is 23.8 Å². The van der Waals surface area contributed by atoms with E-state index in [2.05, 4.69) is 4.74 Å². The molecule has 0 N–H and O–H groups in total. The van der Waals surface area contributed by atoms with Crippen LogP contribution in [0.2, 0.25) is 0 Å². The standard InChI is InChI=1S/C9H16O5/c1-7(10)14-6-9(2,5-12-3)8(11)13-4/h5-6H2,1-4H3. The van der Waals surface area contributed by atoms with E-state index in [1.165, 1.54) is 21.1 Å². The van der Waals surface area contributed by atoms with Crippen LogP contribution in [0, 0.1) is 5.41 Å². The Balaban J connectivity index is 4.38. The molecule has 0 aliphatic carbocycles. The highest BCUT2D eigenvalue weighted by atomic mass is 16.6. The fraction of sp³-hybridized carbons (Fsp3) is 0.778. The van der Waals surface area contributed by atoms with Crippen molar-refractivity contribution in [3.63, 3.8) is 0 Å². The fourth-order valence-corrected chi connectivity index (χ4v) is 0.985. The zero-order valence-corrected chi connectivity index (χ0v) is 8.96. The van der Waals surface area contributed by atoms with Crippen molar-refractivity contribution in [1.82, 2.24) is 0 Å². The molecule has 5 heteroatoms. The predicted octanol–water partition coefficient (Wildman–Crippen LogP) is 0.375. The summed E-state index contributed by atoms with van der Waals surface area (Å²) in [6.07, 6.45) is 0. The quantitative estimate of drug-likeness (QED) is 0.606. The zero-order chi connectivity index (χ0) is 11.2. The first-order valence-corrected chi connectivity index (χ1v) is 4.17. The van der Waals surface area contributed by atoms with Gasteiger partial charge in [-0.15, -0.1) is 0 Å². The van der Waals surface area contributed by atoms with Gasteiger partial charge in [-0.05, 0) is 6.92 Å². The van der Waals surface area contributed by atoms with Crippen molar-refractivity contribution >= 4 is 11.9 Å². The molecule has 0 aliphatic heterocycles.